The van der Waals surface area contributed by atoms with Gasteiger partial charge < -0.3 is 13.9 Å². The molecule has 110 valence electrons. The highest BCUT2D eigenvalue weighted by Crippen LogP contribution is 2.30. The maximum atomic E-state index is 11.3. The molecule has 0 N–H and O–H groups in total. The highest BCUT2D eigenvalue weighted by Gasteiger charge is 2.17. The Hall–Kier alpha value is -2.27. The van der Waals surface area contributed by atoms with Crippen molar-refractivity contribution in [3.63, 3.8) is 0 Å². The smallest absolute Gasteiger partial charge is 0.373 e. The lowest BCUT2D eigenvalue weighted by molar-refractivity contribution is 0.0558. The SMILES string of the molecule is COC(=O)c1ccc(C(C)Oc2ccc(C=O)cc2Cl)o1. The molecular formula is C15H13ClO5. The quantitative estimate of drug-likeness (QED) is 0.623. The van der Waals surface area contributed by atoms with Gasteiger partial charge in [0.25, 0.3) is 0 Å². The molecule has 21 heavy (non-hydrogen) atoms. The van der Waals surface area contributed by atoms with Gasteiger partial charge in [-0.1, -0.05) is 11.6 Å². The number of carbonyl (C=O) groups excluding carboxylic acids is 2. The molecule has 0 bridgehead atoms. The molecule has 0 radical (unpaired) electrons. The van der Waals surface area contributed by atoms with Gasteiger partial charge in [0.2, 0.25) is 5.76 Å². The van der Waals surface area contributed by atoms with E-state index >= 15 is 0 Å². The van der Waals surface area contributed by atoms with E-state index in [4.69, 9.17) is 20.8 Å². The Kier molecular flexibility index (Phi) is 4.65. The van der Waals surface area contributed by atoms with Gasteiger partial charge in [0.1, 0.15) is 17.8 Å². The third-order valence-electron chi connectivity index (χ3n) is 2.81. The molecule has 1 aromatic heterocycles. The van der Waals surface area contributed by atoms with Crippen molar-refractivity contribution in [2.45, 2.75) is 13.0 Å². The standard InChI is InChI=1S/C15H13ClO5/c1-9(12-5-6-14(21-12)15(18)19-2)20-13-4-3-10(8-17)7-11(13)16/h3-9H,1-2H3. The number of furan rings is 1. The van der Waals surface area contributed by atoms with Gasteiger partial charge in [-0.15, -0.1) is 0 Å². The van der Waals surface area contributed by atoms with Crippen molar-refractivity contribution < 1.29 is 23.5 Å². The summed E-state index contributed by atoms with van der Waals surface area (Å²) in [6.07, 6.45) is 0.247. The van der Waals surface area contributed by atoms with Gasteiger partial charge in [0, 0.05) is 5.56 Å². The van der Waals surface area contributed by atoms with E-state index < -0.39 is 12.1 Å². The fourth-order valence-electron chi connectivity index (χ4n) is 1.72. The second kappa shape index (κ2) is 6.45. The maximum Gasteiger partial charge on any atom is 0.373 e. The number of halogens is 1. The Morgan fingerprint density at radius 2 is 2.10 bits per heavy atom. The van der Waals surface area contributed by atoms with E-state index in [0.717, 1.165) is 0 Å². The minimum absolute atomic E-state index is 0.102. The summed E-state index contributed by atoms with van der Waals surface area (Å²) in [5, 5.41) is 0.325. The van der Waals surface area contributed by atoms with Crippen LogP contribution in [0.3, 0.4) is 0 Å². The van der Waals surface area contributed by atoms with E-state index in [1.54, 1.807) is 25.1 Å². The minimum atomic E-state index is -0.554. The van der Waals surface area contributed by atoms with Crippen LogP contribution in [0.2, 0.25) is 5.02 Å². The summed E-state index contributed by atoms with van der Waals surface area (Å²) in [5.41, 5.74) is 0.464. The van der Waals surface area contributed by atoms with Crippen molar-refractivity contribution in [1.82, 2.24) is 0 Å². The van der Waals surface area contributed by atoms with Crippen molar-refractivity contribution in [1.29, 1.82) is 0 Å². The number of rotatable bonds is 5. The average Bonchev–Trinajstić information content (AvgIpc) is 2.98. The van der Waals surface area contributed by atoms with Crippen LogP contribution in [0, 0.1) is 0 Å². The van der Waals surface area contributed by atoms with Gasteiger partial charge in [-0.05, 0) is 37.3 Å². The number of benzene rings is 1. The van der Waals surface area contributed by atoms with Crippen LogP contribution in [-0.4, -0.2) is 19.4 Å². The monoisotopic (exact) mass is 308 g/mol. The predicted octanol–water partition coefficient (Wildman–Crippen LogP) is 3.67. The van der Waals surface area contributed by atoms with Crippen molar-refractivity contribution in [3.8, 4) is 5.75 Å². The molecule has 2 rings (SSSR count). The molecule has 1 heterocycles. The summed E-state index contributed by atoms with van der Waals surface area (Å²) >= 11 is 6.03. The molecule has 0 spiro atoms. The summed E-state index contributed by atoms with van der Waals surface area (Å²) in [7, 11) is 1.28. The lowest BCUT2D eigenvalue weighted by Gasteiger charge is -2.13. The van der Waals surface area contributed by atoms with Crippen LogP contribution < -0.4 is 4.74 Å². The Balaban J connectivity index is 2.14. The molecule has 6 heteroatoms. The predicted molar refractivity (Wildman–Crippen MR) is 75.9 cm³/mol. The fraction of sp³-hybridized carbons (Fsp3) is 0.200. The zero-order valence-electron chi connectivity index (χ0n) is 11.5. The number of esters is 1. The number of aldehydes is 1. The van der Waals surface area contributed by atoms with Crippen molar-refractivity contribution in [3.05, 3.63) is 52.4 Å². The lowest BCUT2D eigenvalue weighted by Crippen LogP contribution is -2.03. The normalized spacial score (nSPS) is 11.8. The number of hydrogen-bond acceptors (Lipinski definition) is 5. The van der Waals surface area contributed by atoms with E-state index in [1.165, 1.54) is 19.2 Å². The van der Waals surface area contributed by atoms with Crippen LogP contribution in [0.15, 0.2) is 34.7 Å². The first-order valence-corrected chi connectivity index (χ1v) is 6.52. The van der Waals surface area contributed by atoms with Gasteiger partial charge in [0.05, 0.1) is 12.1 Å². The Labute approximate surface area is 126 Å². The molecule has 0 saturated heterocycles. The molecule has 0 fully saturated rings. The fourth-order valence-corrected chi connectivity index (χ4v) is 1.95. The maximum absolute atomic E-state index is 11.3. The van der Waals surface area contributed by atoms with Crippen LogP contribution in [-0.2, 0) is 4.74 Å². The van der Waals surface area contributed by atoms with E-state index in [-0.39, 0.29) is 5.76 Å². The Morgan fingerprint density at radius 1 is 1.33 bits per heavy atom. The van der Waals surface area contributed by atoms with Gasteiger partial charge in [0.15, 0.2) is 6.10 Å². The first-order chi connectivity index (χ1) is 10.0. The van der Waals surface area contributed by atoms with E-state index in [2.05, 4.69) is 4.74 Å². The third kappa shape index (κ3) is 3.44. The second-order valence-corrected chi connectivity index (χ2v) is 4.67. The highest BCUT2D eigenvalue weighted by atomic mass is 35.5. The third-order valence-corrected chi connectivity index (χ3v) is 3.11. The van der Waals surface area contributed by atoms with Crippen LogP contribution in [0.1, 0.15) is 39.7 Å². The number of ether oxygens (including phenoxy) is 2. The van der Waals surface area contributed by atoms with Gasteiger partial charge >= 0.3 is 5.97 Å². The van der Waals surface area contributed by atoms with Crippen LogP contribution in [0.25, 0.3) is 0 Å². The van der Waals surface area contributed by atoms with E-state index in [0.29, 0.717) is 28.4 Å². The summed E-state index contributed by atoms with van der Waals surface area (Å²) in [5.74, 6) is 0.434. The van der Waals surface area contributed by atoms with Gasteiger partial charge in [-0.25, -0.2) is 4.79 Å². The lowest BCUT2D eigenvalue weighted by atomic mass is 10.2. The molecule has 5 nitrogen and oxygen atoms in total. The van der Waals surface area contributed by atoms with Crippen molar-refractivity contribution in [2.24, 2.45) is 0 Å². The second-order valence-electron chi connectivity index (χ2n) is 4.26. The molecule has 0 amide bonds. The number of carbonyl (C=O) groups is 2. The average molecular weight is 309 g/mol. The van der Waals surface area contributed by atoms with Crippen LogP contribution >= 0.6 is 11.6 Å². The number of hydrogen-bond donors (Lipinski definition) is 0. The molecule has 0 aliphatic carbocycles. The largest absolute Gasteiger partial charge is 0.481 e. The summed E-state index contributed by atoms with van der Waals surface area (Å²) < 4.78 is 15.6. The first kappa shape index (κ1) is 15.1. The minimum Gasteiger partial charge on any atom is -0.481 e. The Morgan fingerprint density at radius 3 is 2.71 bits per heavy atom. The molecule has 2 aromatic rings. The van der Waals surface area contributed by atoms with Crippen molar-refractivity contribution >= 4 is 23.9 Å². The molecule has 0 aliphatic rings. The molecule has 1 aromatic carbocycles. The zero-order chi connectivity index (χ0) is 15.4. The van der Waals surface area contributed by atoms with Crippen LogP contribution in [0.4, 0.5) is 0 Å². The van der Waals surface area contributed by atoms with E-state index in [9.17, 15) is 9.59 Å². The zero-order valence-corrected chi connectivity index (χ0v) is 12.2. The Bertz CT molecular complexity index is 662. The topological polar surface area (TPSA) is 65.7 Å². The molecule has 0 aliphatic heterocycles. The summed E-state index contributed by atoms with van der Waals surface area (Å²) in [6, 6.07) is 7.86. The highest BCUT2D eigenvalue weighted by molar-refractivity contribution is 6.32. The summed E-state index contributed by atoms with van der Waals surface area (Å²) in [4.78, 5) is 22.0. The van der Waals surface area contributed by atoms with Crippen LogP contribution in [0.5, 0.6) is 5.75 Å². The first-order valence-electron chi connectivity index (χ1n) is 6.14. The number of methoxy groups -OCH3 is 1. The van der Waals surface area contributed by atoms with Crippen molar-refractivity contribution in [2.75, 3.05) is 7.11 Å². The van der Waals surface area contributed by atoms with E-state index in [1.807, 2.05) is 0 Å². The van der Waals surface area contributed by atoms with Gasteiger partial charge in [-0.2, -0.15) is 0 Å². The molecular weight excluding hydrogens is 296 g/mol. The molecule has 0 saturated carbocycles. The van der Waals surface area contributed by atoms with Gasteiger partial charge in [-0.3, -0.25) is 4.79 Å². The summed E-state index contributed by atoms with van der Waals surface area (Å²) in [6.45, 7) is 1.75. The molecule has 1 unspecified atom stereocenters. The molecule has 1 atom stereocenters.